The first-order valence-electron chi connectivity index (χ1n) is 15.7. The smallest absolute Gasteiger partial charge is 0.408 e. The highest BCUT2D eigenvalue weighted by atomic mass is 16.5. The second-order valence-corrected chi connectivity index (χ2v) is 12.1. The molecule has 4 atom stereocenters. The number of carbonyl (C=O) groups excluding carboxylic acids is 4. The van der Waals surface area contributed by atoms with Gasteiger partial charge < -0.3 is 31.1 Å². The molecular weight excluding hydrogens is 588 g/mol. The Balaban J connectivity index is 1.52. The third kappa shape index (κ3) is 9.79. The summed E-state index contributed by atoms with van der Waals surface area (Å²) in [6.45, 7) is 4.29. The number of fused-ring (bicyclic) bond motifs is 1. The van der Waals surface area contributed by atoms with E-state index in [0.717, 1.165) is 28.3 Å². The van der Waals surface area contributed by atoms with Crippen LogP contribution in [-0.2, 0) is 36.9 Å². The van der Waals surface area contributed by atoms with Crippen molar-refractivity contribution in [1.29, 1.82) is 0 Å². The number of nitrogens with one attached hydrogen (secondary N) is 4. The van der Waals surface area contributed by atoms with Crippen molar-refractivity contribution in [3.63, 3.8) is 0 Å². The summed E-state index contributed by atoms with van der Waals surface area (Å²) in [5.41, 5.74) is 1.59. The van der Waals surface area contributed by atoms with Crippen molar-refractivity contribution in [3.05, 3.63) is 83.9 Å². The lowest BCUT2D eigenvalue weighted by molar-refractivity contribution is -0.143. The highest BCUT2D eigenvalue weighted by Gasteiger charge is 2.33. The van der Waals surface area contributed by atoms with Crippen LogP contribution in [0.2, 0.25) is 0 Å². The van der Waals surface area contributed by atoms with Crippen LogP contribution >= 0.6 is 0 Å². The maximum absolute atomic E-state index is 13.8. The lowest BCUT2D eigenvalue weighted by Crippen LogP contribution is -2.57. The Morgan fingerprint density at radius 3 is 2.26 bits per heavy atom. The minimum Gasteiger partial charge on any atom is -0.480 e. The zero-order valence-electron chi connectivity index (χ0n) is 26.2. The number of benzene rings is 3. The Morgan fingerprint density at radius 2 is 1.54 bits per heavy atom. The standard InChI is InChI=1S/C35H42N4O7/c1-22(2)18-28(32(41)38-30(34(43)44)20-26-15-9-17-36-31(26)40)37-33(42)29(39-35(45)46-21-23-10-4-3-5-11-23)19-25-14-8-13-24-12-6-7-16-27(24)25/h3-8,10-14,16,22,26,28-30H,9,15,17-21H2,1-2H3,(H,36,40)(H,37,42)(H,38,41)(H,39,45)(H,43,44)/t26-,28?,29?,30?/m0/s1. The van der Waals surface area contributed by atoms with Crippen molar-refractivity contribution in [2.75, 3.05) is 6.54 Å². The van der Waals surface area contributed by atoms with Gasteiger partial charge in [-0.1, -0.05) is 86.6 Å². The Morgan fingerprint density at radius 1 is 0.870 bits per heavy atom. The van der Waals surface area contributed by atoms with E-state index in [9.17, 15) is 29.1 Å². The van der Waals surface area contributed by atoms with E-state index in [0.29, 0.717) is 13.0 Å². The van der Waals surface area contributed by atoms with E-state index in [2.05, 4.69) is 21.3 Å². The van der Waals surface area contributed by atoms with E-state index >= 15 is 0 Å². The highest BCUT2D eigenvalue weighted by Crippen LogP contribution is 2.21. The number of hydrogen-bond acceptors (Lipinski definition) is 6. The van der Waals surface area contributed by atoms with E-state index in [1.807, 2.05) is 86.6 Å². The molecule has 0 bridgehead atoms. The topological polar surface area (TPSA) is 163 Å². The van der Waals surface area contributed by atoms with Crippen LogP contribution in [0.5, 0.6) is 0 Å². The van der Waals surface area contributed by atoms with E-state index < -0.39 is 47.9 Å². The molecule has 1 aliphatic heterocycles. The molecule has 5 N–H and O–H groups in total. The number of amides is 4. The van der Waals surface area contributed by atoms with Crippen molar-refractivity contribution >= 4 is 40.6 Å². The molecule has 3 aromatic carbocycles. The number of ether oxygens (including phenoxy) is 1. The van der Waals surface area contributed by atoms with Gasteiger partial charge in [-0.3, -0.25) is 14.4 Å². The Bertz CT molecular complexity index is 1520. The minimum atomic E-state index is -1.31. The van der Waals surface area contributed by atoms with Gasteiger partial charge in [-0.15, -0.1) is 0 Å². The summed E-state index contributed by atoms with van der Waals surface area (Å²) >= 11 is 0. The van der Waals surface area contributed by atoms with Gasteiger partial charge in [0.15, 0.2) is 0 Å². The minimum absolute atomic E-state index is 0.00323. The summed E-state index contributed by atoms with van der Waals surface area (Å²) in [6.07, 6.45) is 0.714. The summed E-state index contributed by atoms with van der Waals surface area (Å²) in [5.74, 6) is -3.38. The van der Waals surface area contributed by atoms with Crippen LogP contribution in [0, 0.1) is 11.8 Å². The molecule has 1 aliphatic rings. The fraction of sp³-hybridized carbons (Fsp3) is 0.400. The Kier molecular flexibility index (Phi) is 12.1. The molecule has 3 aromatic rings. The van der Waals surface area contributed by atoms with Crippen molar-refractivity contribution in [1.82, 2.24) is 21.3 Å². The number of hydrogen-bond donors (Lipinski definition) is 5. The molecule has 11 heteroatoms. The largest absolute Gasteiger partial charge is 0.480 e. The number of alkyl carbamates (subject to hydrolysis) is 1. The molecule has 244 valence electrons. The lowest BCUT2D eigenvalue weighted by atomic mass is 9.91. The third-order valence-corrected chi connectivity index (χ3v) is 8.00. The van der Waals surface area contributed by atoms with Gasteiger partial charge in [-0.05, 0) is 53.5 Å². The van der Waals surface area contributed by atoms with Crippen LogP contribution in [-0.4, -0.2) is 59.6 Å². The third-order valence-electron chi connectivity index (χ3n) is 8.00. The summed E-state index contributed by atoms with van der Waals surface area (Å²) in [5, 5.41) is 22.4. The van der Waals surface area contributed by atoms with Crippen LogP contribution in [0.1, 0.15) is 50.7 Å². The molecular formula is C35H42N4O7. The van der Waals surface area contributed by atoms with Crippen LogP contribution in [0.15, 0.2) is 72.8 Å². The zero-order valence-corrected chi connectivity index (χ0v) is 26.2. The van der Waals surface area contributed by atoms with E-state index in [-0.39, 0.29) is 37.7 Å². The summed E-state index contributed by atoms with van der Waals surface area (Å²) in [4.78, 5) is 64.6. The fourth-order valence-corrected chi connectivity index (χ4v) is 5.62. The normalized spacial score (nSPS) is 16.5. The SMILES string of the molecule is CC(C)CC(NC(=O)C(Cc1cccc2ccccc12)NC(=O)OCc1ccccc1)C(=O)NC(C[C@@H]1CCCNC1=O)C(=O)O. The molecule has 4 amide bonds. The monoisotopic (exact) mass is 630 g/mol. The highest BCUT2D eigenvalue weighted by molar-refractivity contribution is 5.94. The number of carboxylic acid groups (broad SMARTS) is 1. The predicted molar refractivity (Wildman–Crippen MR) is 173 cm³/mol. The molecule has 0 radical (unpaired) electrons. The van der Waals surface area contributed by atoms with Gasteiger partial charge in [0.25, 0.3) is 0 Å². The number of aliphatic carboxylic acids is 1. The van der Waals surface area contributed by atoms with E-state index in [1.54, 1.807) is 0 Å². The number of rotatable bonds is 14. The van der Waals surface area contributed by atoms with Crippen LogP contribution in [0.4, 0.5) is 4.79 Å². The van der Waals surface area contributed by atoms with Crippen molar-refractivity contribution < 1.29 is 33.8 Å². The van der Waals surface area contributed by atoms with Crippen LogP contribution in [0.3, 0.4) is 0 Å². The molecule has 4 rings (SSSR count). The van der Waals surface area contributed by atoms with Crippen molar-refractivity contribution in [3.8, 4) is 0 Å². The average molecular weight is 631 g/mol. The molecule has 46 heavy (non-hydrogen) atoms. The second kappa shape index (κ2) is 16.4. The Hall–Kier alpha value is -4.93. The molecule has 3 unspecified atom stereocenters. The molecule has 0 spiro atoms. The summed E-state index contributed by atoms with van der Waals surface area (Å²) in [7, 11) is 0. The first-order valence-corrected chi connectivity index (χ1v) is 15.7. The lowest BCUT2D eigenvalue weighted by Gasteiger charge is -2.28. The molecule has 0 saturated carbocycles. The molecule has 1 saturated heterocycles. The molecule has 11 nitrogen and oxygen atoms in total. The molecule has 0 aliphatic carbocycles. The molecule has 0 aromatic heterocycles. The molecule has 1 fully saturated rings. The average Bonchev–Trinajstić information content (AvgIpc) is 3.04. The first-order chi connectivity index (χ1) is 22.1. The van der Waals surface area contributed by atoms with Gasteiger partial charge in [0.05, 0.1) is 0 Å². The maximum atomic E-state index is 13.8. The van der Waals surface area contributed by atoms with Gasteiger partial charge in [0.2, 0.25) is 17.7 Å². The van der Waals surface area contributed by atoms with Crippen LogP contribution < -0.4 is 21.3 Å². The summed E-state index contributed by atoms with van der Waals surface area (Å²) < 4.78 is 5.40. The number of piperidine rings is 1. The predicted octanol–water partition coefficient (Wildman–Crippen LogP) is 3.69. The number of carboxylic acids is 1. The van der Waals surface area contributed by atoms with Gasteiger partial charge >= 0.3 is 12.1 Å². The zero-order chi connectivity index (χ0) is 33.1. The second-order valence-electron chi connectivity index (χ2n) is 12.1. The Labute approximate surface area is 268 Å². The van der Waals surface area contributed by atoms with E-state index in [1.165, 1.54) is 0 Å². The molecule has 1 heterocycles. The van der Waals surface area contributed by atoms with E-state index in [4.69, 9.17) is 4.74 Å². The van der Waals surface area contributed by atoms with Gasteiger partial charge in [-0.2, -0.15) is 0 Å². The summed E-state index contributed by atoms with van der Waals surface area (Å²) in [6, 6.07) is 19.0. The quantitative estimate of drug-likeness (QED) is 0.181. The maximum Gasteiger partial charge on any atom is 0.408 e. The number of carbonyl (C=O) groups is 5. The van der Waals surface area contributed by atoms with Gasteiger partial charge in [0, 0.05) is 18.9 Å². The van der Waals surface area contributed by atoms with Gasteiger partial charge in [0.1, 0.15) is 24.7 Å². The first kappa shape index (κ1) is 34.0. The van der Waals surface area contributed by atoms with Crippen LogP contribution in [0.25, 0.3) is 10.8 Å². The fourth-order valence-electron chi connectivity index (χ4n) is 5.62. The van der Waals surface area contributed by atoms with Crippen molar-refractivity contribution in [2.45, 2.75) is 70.7 Å². The van der Waals surface area contributed by atoms with Crippen molar-refractivity contribution in [2.24, 2.45) is 11.8 Å². The van der Waals surface area contributed by atoms with Gasteiger partial charge in [-0.25, -0.2) is 9.59 Å².